The molecule has 0 aliphatic heterocycles. The Hall–Kier alpha value is -1.20. The van der Waals surface area contributed by atoms with Crippen LogP contribution in [0.3, 0.4) is 0 Å². The minimum atomic E-state index is -0.545. The van der Waals surface area contributed by atoms with Gasteiger partial charge in [-0.05, 0) is 63.6 Å². The SMILES string of the molecule is CN(C)CCONC/C=C/[C@H]1CC[C@]2(O)C[C@@H](c3ccccc3)CC[C@]12C. The molecule has 2 N–H and O–H groups in total. The molecule has 150 valence electrons. The van der Waals surface area contributed by atoms with Crippen molar-refractivity contribution in [3.8, 4) is 0 Å². The molecule has 0 bridgehead atoms. The second-order valence-corrected chi connectivity index (χ2v) is 8.87. The van der Waals surface area contributed by atoms with E-state index in [0.29, 0.717) is 25.0 Å². The van der Waals surface area contributed by atoms with Gasteiger partial charge in [-0.25, -0.2) is 0 Å². The van der Waals surface area contributed by atoms with Gasteiger partial charge in [0.1, 0.15) is 0 Å². The lowest BCUT2D eigenvalue weighted by Crippen LogP contribution is -2.49. The second-order valence-electron chi connectivity index (χ2n) is 8.87. The molecular formula is C23H36N2O2. The van der Waals surface area contributed by atoms with Crippen molar-refractivity contribution in [2.45, 2.75) is 50.5 Å². The highest BCUT2D eigenvalue weighted by atomic mass is 16.6. The highest BCUT2D eigenvalue weighted by Crippen LogP contribution is 2.60. The summed E-state index contributed by atoms with van der Waals surface area (Å²) >= 11 is 0. The first-order valence-electron chi connectivity index (χ1n) is 10.4. The predicted octanol–water partition coefficient (Wildman–Crippen LogP) is 3.74. The zero-order valence-corrected chi connectivity index (χ0v) is 17.2. The van der Waals surface area contributed by atoms with E-state index in [4.69, 9.17) is 4.84 Å². The van der Waals surface area contributed by atoms with Crippen molar-refractivity contribution in [3.05, 3.63) is 48.0 Å². The largest absolute Gasteiger partial charge is 0.389 e. The summed E-state index contributed by atoms with van der Waals surface area (Å²) in [5, 5.41) is 11.5. The molecule has 0 aromatic heterocycles. The number of nitrogens with one attached hydrogen (secondary N) is 1. The number of allylic oxidation sites excluding steroid dienone is 1. The van der Waals surface area contributed by atoms with Crippen molar-refractivity contribution in [2.75, 3.05) is 33.8 Å². The van der Waals surface area contributed by atoms with Crippen LogP contribution in [0.1, 0.15) is 50.5 Å². The van der Waals surface area contributed by atoms with Crippen LogP contribution >= 0.6 is 0 Å². The third-order valence-electron chi connectivity index (χ3n) is 6.93. The highest BCUT2D eigenvalue weighted by Gasteiger charge is 2.58. The van der Waals surface area contributed by atoms with Gasteiger partial charge in [-0.3, -0.25) is 0 Å². The van der Waals surface area contributed by atoms with Crippen molar-refractivity contribution in [1.29, 1.82) is 0 Å². The van der Waals surface area contributed by atoms with Crippen molar-refractivity contribution in [1.82, 2.24) is 10.4 Å². The fourth-order valence-corrected chi connectivity index (χ4v) is 5.04. The van der Waals surface area contributed by atoms with E-state index in [0.717, 1.165) is 32.2 Å². The lowest BCUT2D eigenvalue weighted by molar-refractivity contribution is -0.0984. The number of aliphatic hydroxyl groups is 1. The summed E-state index contributed by atoms with van der Waals surface area (Å²) in [6.07, 6.45) is 9.61. The Morgan fingerprint density at radius 2 is 2.00 bits per heavy atom. The fourth-order valence-electron chi connectivity index (χ4n) is 5.04. The third kappa shape index (κ3) is 4.62. The second kappa shape index (κ2) is 8.87. The molecule has 2 saturated carbocycles. The lowest BCUT2D eigenvalue weighted by Gasteiger charge is -2.49. The van der Waals surface area contributed by atoms with Crippen LogP contribution < -0.4 is 5.48 Å². The molecule has 0 saturated heterocycles. The van der Waals surface area contributed by atoms with E-state index < -0.39 is 5.60 Å². The summed E-state index contributed by atoms with van der Waals surface area (Å²) in [4.78, 5) is 7.53. The van der Waals surface area contributed by atoms with Crippen LogP contribution in [0.15, 0.2) is 42.5 Å². The van der Waals surface area contributed by atoms with E-state index in [9.17, 15) is 5.11 Å². The minimum absolute atomic E-state index is 0.0133. The molecule has 2 aliphatic carbocycles. The van der Waals surface area contributed by atoms with Crippen LogP contribution in [-0.2, 0) is 4.84 Å². The van der Waals surface area contributed by atoms with Gasteiger partial charge in [-0.1, -0.05) is 49.4 Å². The first-order chi connectivity index (χ1) is 12.9. The number of fused-ring (bicyclic) bond motifs is 1. The molecule has 0 unspecified atom stereocenters. The van der Waals surface area contributed by atoms with Crippen LogP contribution in [0.25, 0.3) is 0 Å². The van der Waals surface area contributed by atoms with Gasteiger partial charge in [0.15, 0.2) is 0 Å². The molecule has 4 nitrogen and oxygen atoms in total. The van der Waals surface area contributed by atoms with Gasteiger partial charge >= 0.3 is 0 Å². The molecule has 2 aliphatic rings. The first kappa shape index (κ1) is 20.5. The minimum Gasteiger partial charge on any atom is -0.389 e. The van der Waals surface area contributed by atoms with Gasteiger partial charge in [-0.15, -0.1) is 0 Å². The topological polar surface area (TPSA) is 44.7 Å². The summed E-state index contributed by atoms with van der Waals surface area (Å²) < 4.78 is 0. The molecule has 2 fully saturated rings. The normalized spacial score (nSPS) is 33.7. The Morgan fingerprint density at radius 1 is 1.22 bits per heavy atom. The van der Waals surface area contributed by atoms with E-state index >= 15 is 0 Å². The van der Waals surface area contributed by atoms with Gasteiger partial charge in [0, 0.05) is 18.5 Å². The quantitative estimate of drug-likeness (QED) is 0.414. The average molecular weight is 373 g/mol. The molecule has 4 heteroatoms. The van der Waals surface area contributed by atoms with E-state index in [1.807, 2.05) is 14.1 Å². The van der Waals surface area contributed by atoms with Crippen LogP contribution in [0.2, 0.25) is 0 Å². The number of hydrogen-bond acceptors (Lipinski definition) is 4. The molecule has 0 heterocycles. The first-order valence-corrected chi connectivity index (χ1v) is 10.4. The zero-order chi connectivity index (χ0) is 19.3. The smallest absolute Gasteiger partial charge is 0.0809 e. The van der Waals surface area contributed by atoms with Crippen LogP contribution in [0.4, 0.5) is 0 Å². The van der Waals surface area contributed by atoms with Gasteiger partial charge in [0.05, 0.1) is 12.2 Å². The number of hydrogen-bond donors (Lipinski definition) is 2. The van der Waals surface area contributed by atoms with Crippen molar-refractivity contribution < 1.29 is 9.94 Å². The average Bonchev–Trinajstić information content (AvgIpc) is 2.92. The summed E-state index contributed by atoms with van der Waals surface area (Å²) in [5.41, 5.74) is 3.83. The summed E-state index contributed by atoms with van der Waals surface area (Å²) in [6.45, 7) is 4.61. The Kier molecular flexibility index (Phi) is 6.74. The number of nitrogens with zero attached hydrogens (tertiary/aromatic N) is 1. The zero-order valence-electron chi connectivity index (χ0n) is 17.2. The number of hydroxylamine groups is 1. The van der Waals surface area contributed by atoms with E-state index in [1.54, 1.807) is 0 Å². The molecule has 4 atom stereocenters. The molecule has 27 heavy (non-hydrogen) atoms. The maximum absolute atomic E-state index is 11.5. The van der Waals surface area contributed by atoms with E-state index in [-0.39, 0.29) is 5.41 Å². The molecular weight excluding hydrogens is 336 g/mol. The van der Waals surface area contributed by atoms with Crippen LogP contribution in [-0.4, -0.2) is 49.4 Å². The Balaban J connectivity index is 1.53. The van der Waals surface area contributed by atoms with E-state index in [1.165, 1.54) is 12.0 Å². The Bertz CT molecular complexity index is 618. The number of rotatable bonds is 8. The highest BCUT2D eigenvalue weighted by molar-refractivity contribution is 5.24. The van der Waals surface area contributed by atoms with Gasteiger partial charge in [0.2, 0.25) is 0 Å². The number of likely N-dealkylation sites (N-methyl/N-ethyl adjacent to an activating group) is 1. The summed E-state index contributed by atoms with van der Waals surface area (Å²) in [6, 6.07) is 10.7. The molecule has 1 aromatic carbocycles. The van der Waals surface area contributed by atoms with Gasteiger partial charge < -0.3 is 14.8 Å². The van der Waals surface area contributed by atoms with Crippen LogP contribution in [0, 0.1) is 11.3 Å². The maximum Gasteiger partial charge on any atom is 0.0809 e. The fraction of sp³-hybridized carbons (Fsp3) is 0.652. The van der Waals surface area contributed by atoms with Crippen molar-refractivity contribution in [3.63, 3.8) is 0 Å². The van der Waals surface area contributed by atoms with Gasteiger partial charge in [-0.2, -0.15) is 5.48 Å². The van der Waals surface area contributed by atoms with E-state index in [2.05, 4.69) is 59.8 Å². The maximum atomic E-state index is 11.5. The molecule has 0 amide bonds. The Labute approximate surface area is 164 Å². The molecule has 0 spiro atoms. The molecule has 0 radical (unpaired) electrons. The summed E-state index contributed by atoms with van der Waals surface area (Å²) in [7, 11) is 4.08. The standard InChI is InChI=1S/C23H36N2O2/c1-22-13-11-20(19-8-5-4-6-9-19)18-23(22,26)14-12-21(22)10-7-15-24-27-17-16-25(2)3/h4-10,20-21,24,26H,11-18H2,1-3H3/b10-7+/t20-,21-,22+,23-/m0/s1. The van der Waals surface area contributed by atoms with Gasteiger partial charge in [0.25, 0.3) is 0 Å². The van der Waals surface area contributed by atoms with Crippen molar-refractivity contribution in [2.24, 2.45) is 11.3 Å². The number of benzene rings is 1. The third-order valence-corrected chi connectivity index (χ3v) is 6.93. The van der Waals surface area contributed by atoms with Crippen LogP contribution in [0.5, 0.6) is 0 Å². The predicted molar refractivity (Wildman–Crippen MR) is 110 cm³/mol. The van der Waals surface area contributed by atoms with Crippen molar-refractivity contribution >= 4 is 0 Å². The Morgan fingerprint density at radius 3 is 2.74 bits per heavy atom. The summed E-state index contributed by atoms with van der Waals surface area (Å²) in [5.74, 6) is 0.932. The lowest BCUT2D eigenvalue weighted by atomic mass is 9.59. The molecule has 1 aromatic rings. The monoisotopic (exact) mass is 372 g/mol. The molecule has 3 rings (SSSR count).